The summed E-state index contributed by atoms with van der Waals surface area (Å²) >= 11 is 5.93. The molecule has 2 aromatic carbocycles. The monoisotopic (exact) mass is 405 g/mol. The van der Waals surface area contributed by atoms with Crippen LogP contribution in [0.5, 0.6) is 5.75 Å². The number of nitrogens with zero attached hydrogens (tertiary/aromatic N) is 2. The van der Waals surface area contributed by atoms with Crippen LogP contribution in [0.15, 0.2) is 77.7 Å². The van der Waals surface area contributed by atoms with Crippen molar-refractivity contribution in [3.63, 3.8) is 0 Å². The zero-order chi connectivity index (χ0) is 20.4. The highest BCUT2D eigenvalue weighted by atomic mass is 35.5. The van der Waals surface area contributed by atoms with Gasteiger partial charge in [-0.25, -0.2) is 4.98 Å². The van der Waals surface area contributed by atoms with Gasteiger partial charge in [0.15, 0.2) is 0 Å². The van der Waals surface area contributed by atoms with E-state index in [1.54, 1.807) is 18.3 Å². The molecule has 4 aromatic rings. The minimum absolute atomic E-state index is 0.0548. The number of phenolic OH excluding ortho intramolecular Hbond substituents is 1. The van der Waals surface area contributed by atoms with E-state index >= 15 is 0 Å². The van der Waals surface area contributed by atoms with Crippen molar-refractivity contribution in [2.45, 2.75) is 6.54 Å². The van der Waals surface area contributed by atoms with Crippen LogP contribution in [-0.4, -0.2) is 20.6 Å². The molecule has 2 heterocycles. The molecule has 0 atom stereocenters. The summed E-state index contributed by atoms with van der Waals surface area (Å²) in [5.41, 5.74) is 0.998. The van der Waals surface area contributed by atoms with Crippen LogP contribution in [0.3, 0.4) is 0 Å². The first kappa shape index (κ1) is 18.7. The Balaban J connectivity index is 1.80. The van der Waals surface area contributed by atoms with Gasteiger partial charge < -0.3 is 10.4 Å². The summed E-state index contributed by atoms with van der Waals surface area (Å²) in [6, 6.07) is 18.8. The van der Waals surface area contributed by atoms with Crippen LogP contribution in [-0.2, 0) is 6.54 Å². The van der Waals surface area contributed by atoms with E-state index in [0.717, 1.165) is 5.56 Å². The molecular weight excluding hydrogens is 390 g/mol. The second-order valence-electron chi connectivity index (χ2n) is 6.47. The maximum Gasteiger partial charge on any atom is 0.265 e. The molecule has 29 heavy (non-hydrogen) atoms. The Morgan fingerprint density at radius 2 is 1.86 bits per heavy atom. The second-order valence-corrected chi connectivity index (χ2v) is 6.90. The molecule has 4 rings (SSSR count). The van der Waals surface area contributed by atoms with E-state index in [0.29, 0.717) is 16.1 Å². The molecule has 2 N–H and O–H groups in total. The topological polar surface area (TPSA) is 84.2 Å². The highest BCUT2D eigenvalue weighted by molar-refractivity contribution is 6.31. The Labute approximate surface area is 171 Å². The molecule has 0 fully saturated rings. The van der Waals surface area contributed by atoms with E-state index in [-0.39, 0.29) is 23.5 Å². The number of carbonyl (C=O) groups is 1. The number of carbonyl (C=O) groups excluding carboxylic acids is 1. The van der Waals surface area contributed by atoms with E-state index < -0.39 is 11.5 Å². The lowest BCUT2D eigenvalue weighted by Crippen LogP contribution is -2.30. The van der Waals surface area contributed by atoms with Gasteiger partial charge in [0.25, 0.3) is 11.5 Å². The quantitative estimate of drug-likeness (QED) is 0.501. The molecule has 0 saturated carbocycles. The fourth-order valence-corrected chi connectivity index (χ4v) is 3.25. The molecule has 0 unspecified atom stereocenters. The second kappa shape index (κ2) is 7.77. The van der Waals surface area contributed by atoms with Gasteiger partial charge in [-0.15, -0.1) is 0 Å². The molecule has 144 valence electrons. The van der Waals surface area contributed by atoms with Crippen molar-refractivity contribution in [2.24, 2.45) is 0 Å². The molecule has 2 aromatic heterocycles. The minimum atomic E-state index is -0.639. The van der Waals surface area contributed by atoms with Gasteiger partial charge in [-0.05, 0) is 42.0 Å². The zero-order valence-electron chi connectivity index (χ0n) is 15.2. The highest BCUT2D eigenvalue weighted by Gasteiger charge is 2.18. The number of rotatable bonds is 4. The number of benzene rings is 2. The fraction of sp³-hybridized carbons (Fsp3) is 0.0455. The number of pyridine rings is 2. The Kier molecular flexibility index (Phi) is 5.01. The van der Waals surface area contributed by atoms with Crippen LogP contribution in [0.2, 0.25) is 5.02 Å². The zero-order valence-corrected chi connectivity index (χ0v) is 15.9. The van der Waals surface area contributed by atoms with Gasteiger partial charge >= 0.3 is 0 Å². The van der Waals surface area contributed by atoms with Crippen molar-refractivity contribution in [2.75, 3.05) is 5.32 Å². The third kappa shape index (κ3) is 3.83. The fourth-order valence-electron chi connectivity index (χ4n) is 3.08. The largest absolute Gasteiger partial charge is 0.506 e. The van der Waals surface area contributed by atoms with Crippen LogP contribution in [0.4, 0.5) is 5.69 Å². The van der Waals surface area contributed by atoms with E-state index in [1.165, 1.54) is 28.8 Å². The number of aromatic hydroxyl groups is 1. The molecule has 0 radical (unpaired) electrons. The molecule has 0 saturated heterocycles. The maximum atomic E-state index is 13.1. The van der Waals surface area contributed by atoms with Crippen LogP contribution in [0.25, 0.3) is 11.0 Å². The summed E-state index contributed by atoms with van der Waals surface area (Å²) in [6.07, 6.45) is 1.60. The molecule has 0 aliphatic heterocycles. The number of aromatic nitrogens is 2. The van der Waals surface area contributed by atoms with Gasteiger partial charge in [-0.3, -0.25) is 14.2 Å². The average molecular weight is 406 g/mol. The molecule has 6 nitrogen and oxygen atoms in total. The number of hydrogen-bond donors (Lipinski definition) is 2. The number of phenols is 1. The van der Waals surface area contributed by atoms with Crippen LogP contribution < -0.4 is 10.9 Å². The summed E-state index contributed by atoms with van der Waals surface area (Å²) in [7, 11) is 0. The number of hydrogen-bond acceptors (Lipinski definition) is 4. The number of halogens is 1. The predicted octanol–water partition coefficient (Wildman–Crippen LogP) is 4.06. The van der Waals surface area contributed by atoms with Gasteiger partial charge in [0, 0.05) is 16.6 Å². The summed E-state index contributed by atoms with van der Waals surface area (Å²) in [6.45, 7) is 0.275. The summed E-state index contributed by atoms with van der Waals surface area (Å²) in [5.74, 6) is -0.782. The lowest BCUT2D eigenvalue weighted by molar-refractivity contribution is 0.102. The number of nitrogens with one attached hydrogen (secondary N) is 1. The minimum Gasteiger partial charge on any atom is -0.506 e. The molecule has 1 amide bonds. The van der Waals surface area contributed by atoms with Gasteiger partial charge in [0.1, 0.15) is 17.0 Å². The van der Waals surface area contributed by atoms with Crippen molar-refractivity contribution in [1.29, 1.82) is 0 Å². The molecular formula is C22H16ClN3O3. The Morgan fingerprint density at radius 3 is 2.66 bits per heavy atom. The predicted molar refractivity (Wildman–Crippen MR) is 113 cm³/mol. The first-order valence-electron chi connectivity index (χ1n) is 8.85. The first-order valence-corrected chi connectivity index (χ1v) is 9.23. The molecule has 0 spiro atoms. The SMILES string of the molecule is O=C(Nc1cc(Cl)ccc1O)c1cc2cccnc2n(Cc2ccccc2)c1=O. The Bertz CT molecular complexity index is 1270. The summed E-state index contributed by atoms with van der Waals surface area (Å²) in [5, 5.41) is 13.5. The number of amides is 1. The van der Waals surface area contributed by atoms with Crippen molar-refractivity contribution in [3.8, 4) is 5.75 Å². The molecule has 0 aliphatic rings. The summed E-state index contributed by atoms with van der Waals surface area (Å²) in [4.78, 5) is 30.3. The standard InChI is InChI=1S/C22H16ClN3O3/c23-16-8-9-19(27)18(12-16)25-21(28)17-11-15-7-4-10-24-20(15)26(22(17)29)13-14-5-2-1-3-6-14/h1-12,27H,13H2,(H,25,28). The Morgan fingerprint density at radius 1 is 1.07 bits per heavy atom. The normalized spacial score (nSPS) is 10.8. The first-order chi connectivity index (χ1) is 14.0. The average Bonchev–Trinajstić information content (AvgIpc) is 2.73. The molecule has 0 bridgehead atoms. The van der Waals surface area contributed by atoms with Gasteiger partial charge in [-0.1, -0.05) is 41.9 Å². The molecule has 0 aliphatic carbocycles. The number of fused-ring (bicyclic) bond motifs is 1. The van der Waals surface area contributed by atoms with E-state index in [1.807, 2.05) is 30.3 Å². The third-order valence-corrected chi connectivity index (χ3v) is 4.72. The molecule has 7 heteroatoms. The van der Waals surface area contributed by atoms with Gasteiger partial charge in [0.2, 0.25) is 0 Å². The summed E-state index contributed by atoms with van der Waals surface area (Å²) < 4.78 is 1.47. The van der Waals surface area contributed by atoms with Crippen molar-refractivity contribution in [3.05, 3.63) is 99.4 Å². The van der Waals surface area contributed by atoms with Gasteiger partial charge in [-0.2, -0.15) is 0 Å². The Hall–Kier alpha value is -3.64. The van der Waals surface area contributed by atoms with Crippen molar-refractivity contribution >= 4 is 34.2 Å². The van der Waals surface area contributed by atoms with Crippen LogP contribution >= 0.6 is 11.6 Å². The van der Waals surface area contributed by atoms with Crippen molar-refractivity contribution in [1.82, 2.24) is 9.55 Å². The third-order valence-electron chi connectivity index (χ3n) is 4.48. The number of anilines is 1. The maximum absolute atomic E-state index is 13.1. The smallest absolute Gasteiger partial charge is 0.265 e. The van der Waals surface area contributed by atoms with E-state index in [9.17, 15) is 14.7 Å². The highest BCUT2D eigenvalue weighted by Crippen LogP contribution is 2.27. The van der Waals surface area contributed by atoms with E-state index in [4.69, 9.17) is 11.6 Å². The lowest BCUT2D eigenvalue weighted by Gasteiger charge is -2.13. The van der Waals surface area contributed by atoms with Crippen molar-refractivity contribution < 1.29 is 9.90 Å². The van der Waals surface area contributed by atoms with Crippen LogP contribution in [0.1, 0.15) is 15.9 Å². The lowest BCUT2D eigenvalue weighted by atomic mass is 10.1. The van der Waals surface area contributed by atoms with Gasteiger partial charge in [0.05, 0.1) is 12.2 Å². The van der Waals surface area contributed by atoms with Crippen LogP contribution in [0, 0.1) is 0 Å². The van der Waals surface area contributed by atoms with E-state index in [2.05, 4.69) is 10.3 Å².